The summed E-state index contributed by atoms with van der Waals surface area (Å²) in [5.74, 6) is 0.283. The fourth-order valence-electron chi connectivity index (χ4n) is 2.72. The molecule has 102 valence electrons. The van der Waals surface area contributed by atoms with Gasteiger partial charge in [0.2, 0.25) is 5.91 Å². The summed E-state index contributed by atoms with van der Waals surface area (Å²) in [7, 11) is 0. The van der Waals surface area contributed by atoms with E-state index in [1.54, 1.807) is 6.20 Å². The van der Waals surface area contributed by atoms with Gasteiger partial charge in [0.25, 0.3) is 0 Å². The molecule has 2 fully saturated rings. The average molecular weight is 259 g/mol. The third-order valence-electron chi connectivity index (χ3n) is 3.95. The number of amides is 1. The molecule has 4 heteroatoms. The standard InChI is InChI=1S/C15H21N3O/c19-15(14-5-1-2-9-17-14)18(13-6-7-13)11-12-4-3-8-16-10-12/h3-4,8,10,13-14,17H,1-2,5-7,9,11H2/t14-/m0/s1. The predicted octanol–water partition coefficient (Wildman–Crippen LogP) is 1.71. The summed E-state index contributed by atoms with van der Waals surface area (Å²) in [6, 6.07) is 4.47. The van der Waals surface area contributed by atoms with Gasteiger partial charge >= 0.3 is 0 Å². The zero-order chi connectivity index (χ0) is 13.1. The van der Waals surface area contributed by atoms with Crippen LogP contribution < -0.4 is 5.32 Å². The molecule has 0 bridgehead atoms. The highest BCUT2D eigenvalue weighted by molar-refractivity contribution is 5.82. The molecule has 1 aliphatic carbocycles. The van der Waals surface area contributed by atoms with Crippen molar-refractivity contribution in [1.82, 2.24) is 15.2 Å². The Morgan fingerprint density at radius 2 is 2.26 bits per heavy atom. The molecule has 1 saturated heterocycles. The Kier molecular flexibility index (Phi) is 3.78. The number of hydrogen-bond acceptors (Lipinski definition) is 3. The Morgan fingerprint density at radius 1 is 1.37 bits per heavy atom. The summed E-state index contributed by atoms with van der Waals surface area (Å²) in [5.41, 5.74) is 1.12. The first-order valence-corrected chi connectivity index (χ1v) is 7.27. The molecular weight excluding hydrogens is 238 g/mol. The lowest BCUT2D eigenvalue weighted by molar-refractivity contribution is -0.135. The van der Waals surface area contributed by atoms with Gasteiger partial charge in [-0.05, 0) is 43.9 Å². The van der Waals surface area contributed by atoms with E-state index in [0.717, 1.165) is 37.8 Å². The number of hydrogen-bond donors (Lipinski definition) is 1. The minimum atomic E-state index is 0.0334. The molecule has 0 radical (unpaired) electrons. The highest BCUT2D eigenvalue weighted by atomic mass is 16.2. The lowest BCUT2D eigenvalue weighted by Gasteiger charge is -2.30. The summed E-state index contributed by atoms with van der Waals surface area (Å²) in [5, 5.41) is 3.36. The van der Waals surface area contributed by atoms with Gasteiger partial charge in [-0.2, -0.15) is 0 Å². The lowest BCUT2D eigenvalue weighted by atomic mass is 10.0. The molecule has 1 aliphatic heterocycles. The molecule has 4 nitrogen and oxygen atoms in total. The van der Waals surface area contributed by atoms with Crippen LogP contribution >= 0.6 is 0 Å². The van der Waals surface area contributed by atoms with Crippen molar-refractivity contribution in [3.8, 4) is 0 Å². The van der Waals surface area contributed by atoms with Gasteiger partial charge in [-0.3, -0.25) is 9.78 Å². The fraction of sp³-hybridized carbons (Fsp3) is 0.600. The second kappa shape index (κ2) is 5.70. The van der Waals surface area contributed by atoms with Crippen LogP contribution in [-0.4, -0.2) is 34.4 Å². The molecule has 19 heavy (non-hydrogen) atoms. The Labute approximate surface area is 114 Å². The number of carbonyl (C=O) groups excluding carboxylic acids is 1. The SMILES string of the molecule is O=C([C@@H]1CCCCN1)N(Cc1cccnc1)C1CC1. The lowest BCUT2D eigenvalue weighted by Crippen LogP contribution is -2.49. The average Bonchev–Trinajstić information content (AvgIpc) is 3.31. The summed E-state index contributed by atoms with van der Waals surface area (Å²) >= 11 is 0. The van der Waals surface area contributed by atoms with Crippen LogP contribution in [0, 0.1) is 0 Å². The Hall–Kier alpha value is -1.42. The van der Waals surface area contributed by atoms with Crippen molar-refractivity contribution in [1.29, 1.82) is 0 Å². The number of rotatable bonds is 4. The van der Waals surface area contributed by atoms with Gasteiger partial charge in [0, 0.05) is 25.0 Å². The molecule has 1 N–H and O–H groups in total. The van der Waals surface area contributed by atoms with Gasteiger partial charge in [-0.1, -0.05) is 12.5 Å². The Bertz CT molecular complexity index is 424. The van der Waals surface area contributed by atoms with Crippen molar-refractivity contribution in [2.24, 2.45) is 0 Å². The molecule has 2 heterocycles. The summed E-state index contributed by atoms with van der Waals surface area (Å²) < 4.78 is 0. The van der Waals surface area contributed by atoms with Gasteiger partial charge < -0.3 is 10.2 Å². The van der Waals surface area contributed by atoms with E-state index >= 15 is 0 Å². The van der Waals surface area contributed by atoms with Crippen LogP contribution in [0.1, 0.15) is 37.7 Å². The third-order valence-corrected chi connectivity index (χ3v) is 3.95. The Morgan fingerprint density at radius 3 is 2.89 bits per heavy atom. The topological polar surface area (TPSA) is 45.2 Å². The van der Waals surface area contributed by atoms with Crippen molar-refractivity contribution >= 4 is 5.91 Å². The van der Waals surface area contributed by atoms with E-state index in [4.69, 9.17) is 0 Å². The van der Waals surface area contributed by atoms with E-state index in [0.29, 0.717) is 12.6 Å². The van der Waals surface area contributed by atoms with E-state index in [2.05, 4.69) is 15.2 Å². The summed E-state index contributed by atoms with van der Waals surface area (Å²) in [6.07, 6.45) is 9.27. The first-order chi connectivity index (χ1) is 9.34. The first kappa shape index (κ1) is 12.6. The van der Waals surface area contributed by atoms with Crippen molar-refractivity contribution < 1.29 is 4.79 Å². The summed E-state index contributed by atoms with van der Waals surface area (Å²) in [4.78, 5) is 18.8. The highest BCUT2D eigenvalue weighted by Crippen LogP contribution is 2.29. The van der Waals surface area contributed by atoms with Crippen LogP contribution in [0.3, 0.4) is 0 Å². The maximum absolute atomic E-state index is 12.6. The maximum atomic E-state index is 12.6. The zero-order valence-corrected chi connectivity index (χ0v) is 11.2. The number of nitrogens with zero attached hydrogens (tertiary/aromatic N) is 2. The number of aromatic nitrogens is 1. The Balaban J connectivity index is 1.68. The second-order valence-electron chi connectivity index (χ2n) is 5.56. The number of pyridine rings is 1. The van der Waals surface area contributed by atoms with Gasteiger partial charge in [-0.15, -0.1) is 0 Å². The largest absolute Gasteiger partial charge is 0.334 e. The van der Waals surface area contributed by atoms with Crippen LogP contribution in [0.2, 0.25) is 0 Å². The van der Waals surface area contributed by atoms with E-state index < -0.39 is 0 Å². The molecule has 1 amide bonds. The molecule has 1 saturated carbocycles. The van der Waals surface area contributed by atoms with Crippen LogP contribution in [-0.2, 0) is 11.3 Å². The first-order valence-electron chi connectivity index (χ1n) is 7.27. The quantitative estimate of drug-likeness (QED) is 0.895. The molecule has 0 spiro atoms. The highest BCUT2D eigenvalue weighted by Gasteiger charge is 2.36. The molecule has 1 atom stereocenters. The molecule has 0 aromatic carbocycles. The number of piperidine rings is 1. The second-order valence-corrected chi connectivity index (χ2v) is 5.56. The van der Waals surface area contributed by atoms with E-state index in [1.807, 2.05) is 18.3 Å². The molecule has 2 aliphatic rings. The van der Waals surface area contributed by atoms with Crippen LogP contribution in [0.15, 0.2) is 24.5 Å². The van der Waals surface area contributed by atoms with Crippen molar-refractivity contribution in [2.75, 3.05) is 6.54 Å². The van der Waals surface area contributed by atoms with Gasteiger partial charge in [-0.25, -0.2) is 0 Å². The summed E-state index contributed by atoms with van der Waals surface area (Å²) in [6.45, 7) is 1.68. The van der Waals surface area contributed by atoms with E-state index in [-0.39, 0.29) is 11.9 Å². The molecule has 1 aromatic rings. The van der Waals surface area contributed by atoms with Crippen LogP contribution in [0.5, 0.6) is 0 Å². The van der Waals surface area contributed by atoms with Crippen molar-refractivity contribution in [3.63, 3.8) is 0 Å². The minimum Gasteiger partial charge on any atom is -0.334 e. The molecular formula is C15H21N3O. The van der Waals surface area contributed by atoms with Crippen molar-refractivity contribution in [3.05, 3.63) is 30.1 Å². The van der Waals surface area contributed by atoms with Crippen LogP contribution in [0.25, 0.3) is 0 Å². The van der Waals surface area contributed by atoms with E-state index in [9.17, 15) is 4.79 Å². The number of nitrogens with one attached hydrogen (secondary N) is 1. The molecule has 1 aromatic heterocycles. The third kappa shape index (κ3) is 3.13. The smallest absolute Gasteiger partial charge is 0.240 e. The van der Waals surface area contributed by atoms with Crippen molar-refractivity contribution in [2.45, 2.75) is 50.7 Å². The predicted molar refractivity (Wildman–Crippen MR) is 73.5 cm³/mol. The molecule has 0 unspecified atom stereocenters. The maximum Gasteiger partial charge on any atom is 0.240 e. The van der Waals surface area contributed by atoms with Gasteiger partial charge in [0.15, 0.2) is 0 Å². The zero-order valence-electron chi connectivity index (χ0n) is 11.2. The monoisotopic (exact) mass is 259 g/mol. The van der Waals surface area contributed by atoms with Gasteiger partial charge in [0.1, 0.15) is 0 Å². The molecule has 3 rings (SSSR count). The van der Waals surface area contributed by atoms with Gasteiger partial charge in [0.05, 0.1) is 6.04 Å². The number of carbonyl (C=O) groups is 1. The van der Waals surface area contributed by atoms with E-state index in [1.165, 1.54) is 6.42 Å². The fourth-order valence-corrected chi connectivity index (χ4v) is 2.72. The van der Waals surface area contributed by atoms with Crippen LogP contribution in [0.4, 0.5) is 0 Å². The minimum absolute atomic E-state index is 0.0334. The normalized spacial score (nSPS) is 23.1.